The molecular weight excluding hydrogens is 220 g/mol. The molecule has 1 atom stereocenters. The summed E-state index contributed by atoms with van der Waals surface area (Å²) in [6.07, 6.45) is -0.290. The lowest BCUT2D eigenvalue weighted by molar-refractivity contribution is 0.139. The van der Waals surface area contributed by atoms with Crippen LogP contribution in [0.1, 0.15) is 16.7 Å². The number of thiophene rings is 1. The number of hydrogen-bond acceptors (Lipinski definition) is 4. The predicted octanol–water partition coefficient (Wildman–Crippen LogP) is 0.871. The normalized spacial score (nSPS) is 12.3. The number of likely N-dealkylation sites (N-methyl/N-ethyl adjacent to an activating group) is 1. The number of aliphatic hydroxyl groups is 1. The lowest BCUT2D eigenvalue weighted by atomic mass is 10.3. The van der Waals surface area contributed by atoms with Gasteiger partial charge in [-0.15, -0.1) is 11.3 Å². The highest BCUT2D eigenvalue weighted by molar-refractivity contribution is 7.12. The topological polar surface area (TPSA) is 49.5 Å². The third-order valence-electron chi connectivity index (χ3n) is 1.98. The van der Waals surface area contributed by atoms with E-state index in [1.807, 2.05) is 13.1 Å². The Labute approximate surface area is 101 Å². The van der Waals surface area contributed by atoms with E-state index in [0.717, 1.165) is 11.4 Å². The zero-order valence-electron chi connectivity index (χ0n) is 9.73. The van der Waals surface area contributed by atoms with Crippen LogP contribution in [0.15, 0.2) is 12.1 Å². The van der Waals surface area contributed by atoms with Crippen molar-refractivity contribution in [1.82, 2.24) is 4.90 Å². The van der Waals surface area contributed by atoms with Gasteiger partial charge in [-0.1, -0.05) is 11.8 Å². The molecule has 1 aromatic heterocycles. The maximum Gasteiger partial charge on any atom is 0.0772 e. The summed E-state index contributed by atoms with van der Waals surface area (Å²) < 4.78 is 0. The van der Waals surface area contributed by atoms with Gasteiger partial charge in [0.05, 0.1) is 17.5 Å². The summed E-state index contributed by atoms with van der Waals surface area (Å²) in [4.78, 5) is 4.40. The summed E-state index contributed by atoms with van der Waals surface area (Å²) in [5.41, 5.74) is 5.31. The summed E-state index contributed by atoms with van der Waals surface area (Å²) in [7, 11) is 2.00. The fraction of sp³-hybridized carbons (Fsp3) is 0.500. The lowest BCUT2D eigenvalue weighted by Crippen LogP contribution is -2.26. The third kappa shape index (κ3) is 4.77. The van der Waals surface area contributed by atoms with Gasteiger partial charge in [-0.05, 0) is 26.1 Å². The van der Waals surface area contributed by atoms with Gasteiger partial charge in [0.15, 0.2) is 0 Å². The molecule has 16 heavy (non-hydrogen) atoms. The van der Waals surface area contributed by atoms with Crippen LogP contribution in [-0.4, -0.2) is 36.2 Å². The first-order chi connectivity index (χ1) is 7.61. The first-order valence-electron chi connectivity index (χ1n) is 5.26. The second kappa shape index (κ2) is 6.66. The number of nitrogens with two attached hydrogens (primary N) is 1. The van der Waals surface area contributed by atoms with Crippen molar-refractivity contribution in [2.75, 3.05) is 20.1 Å². The van der Waals surface area contributed by atoms with E-state index in [9.17, 15) is 5.11 Å². The highest BCUT2D eigenvalue weighted by atomic mass is 32.1. The standard InChI is InChI=1S/C12H18N2OS/c1-10(15)8-14(2)9-12-6-5-11(16-12)4-3-7-13/h5-6,10,15H,7-9,13H2,1-2H3. The Morgan fingerprint density at radius 3 is 2.94 bits per heavy atom. The fourth-order valence-corrected chi connectivity index (χ4v) is 2.41. The van der Waals surface area contributed by atoms with Crippen LogP contribution < -0.4 is 5.73 Å². The minimum absolute atomic E-state index is 0.290. The van der Waals surface area contributed by atoms with Crippen LogP contribution in [-0.2, 0) is 6.54 Å². The molecular formula is C12H18N2OS. The van der Waals surface area contributed by atoms with Crippen LogP contribution in [0.4, 0.5) is 0 Å². The first-order valence-corrected chi connectivity index (χ1v) is 6.07. The van der Waals surface area contributed by atoms with Crippen LogP contribution in [0.25, 0.3) is 0 Å². The van der Waals surface area contributed by atoms with Crippen LogP contribution in [0, 0.1) is 11.8 Å². The van der Waals surface area contributed by atoms with Crippen LogP contribution in [0.3, 0.4) is 0 Å². The maximum atomic E-state index is 9.25. The Morgan fingerprint density at radius 1 is 1.56 bits per heavy atom. The fourth-order valence-electron chi connectivity index (χ4n) is 1.45. The molecule has 3 N–H and O–H groups in total. The molecule has 1 heterocycles. The van der Waals surface area contributed by atoms with Crippen LogP contribution in [0.5, 0.6) is 0 Å². The minimum atomic E-state index is -0.290. The number of nitrogens with zero attached hydrogens (tertiary/aromatic N) is 1. The smallest absolute Gasteiger partial charge is 0.0772 e. The summed E-state index contributed by atoms with van der Waals surface area (Å²) >= 11 is 1.68. The van der Waals surface area contributed by atoms with E-state index >= 15 is 0 Å². The second-order valence-electron chi connectivity index (χ2n) is 3.82. The molecule has 0 amide bonds. The van der Waals surface area contributed by atoms with Crippen molar-refractivity contribution in [3.05, 3.63) is 21.9 Å². The number of hydrogen-bond donors (Lipinski definition) is 2. The van der Waals surface area contributed by atoms with Crippen molar-refractivity contribution in [2.24, 2.45) is 5.73 Å². The van der Waals surface area contributed by atoms with Gasteiger partial charge in [0.1, 0.15) is 0 Å². The minimum Gasteiger partial charge on any atom is -0.392 e. The van der Waals surface area contributed by atoms with Gasteiger partial charge in [0, 0.05) is 18.0 Å². The summed E-state index contributed by atoms with van der Waals surface area (Å²) in [6, 6.07) is 4.09. The van der Waals surface area contributed by atoms with E-state index in [1.54, 1.807) is 18.3 Å². The molecule has 1 rings (SSSR count). The molecule has 1 aromatic rings. The Hall–Kier alpha value is -0.860. The Balaban J connectivity index is 2.51. The summed E-state index contributed by atoms with van der Waals surface area (Å²) in [5, 5.41) is 9.25. The van der Waals surface area contributed by atoms with E-state index < -0.39 is 0 Å². The highest BCUT2D eigenvalue weighted by Crippen LogP contribution is 2.16. The molecule has 1 unspecified atom stereocenters. The SMILES string of the molecule is CC(O)CN(C)Cc1ccc(C#CCN)s1. The molecule has 0 aliphatic rings. The molecule has 0 aromatic carbocycles. The molecule has 0 spiro atoms. The first kappa shape index (κ1) is 13.2. The molecule has 0 radical (unpaired) electrons. The number of aliphatic hydroxyl groups excluding tert-OH is 1. The van der Waals surface area contributed by atoms with Gasteiger partial charge >= 0.3 is 0 Å². The van der Waals surface area contributed by atoms with Crippen molar-refractivity contribution in [1.29, 1.82) is 0 Å². The molecule has 4 heteroatoms. The Bertz CT molecular complexity index is 376. The highest BCUT2D eigenvalue weighted by Gasteiger charge is 2.05. The molecule has 0 saturated carbocycles. The van der Waals surface area contributed by atoms with Crippen molar-refractivity contribution in [3.63, 3.8) is 0 Å². The van der Waals surface area contributed by atoms with Crippen molar-refractivity contribution in [3.8, 4) is 11.8 Å². The van der Waals surface area contributed by atoms with Gasteiger partial charge in [-0.3, -0.25) is 4.90 Å². The van der Waals surface area contributed by atoms with E-state index in [1.165, 1.54) is 4.88 Å². The third-order valence-corrected chi connectivity index (χ3v) is 2.96. The average Bonchev–Trinajstić information content (AvgIpc) is 2.61. The molecule has 88 valence electrons. The molecule has 0 aliphatic heterocycles. The zero-order chi connectivity index (χ0) is 12.0. The van der Waals surface area contributed by atoms with Gasteiger partial charge in [-0.2, -0.15) is 0 Å². The van der Waals surface area contributed by atoms with Crippen molar-refractivity contribution < 1.29 is 5.11 Å². The Kier molecular flexibility index (Phi) is 5.50. The van der Waals surface area contributed by atoms with Gasteiger partial charge in [0.25, 0.3) is 0 Å². The summed E-state index contributed by atoms with van der Waals surface area (Å²) in [6.45, 7) is 3.72. The molecule has 0 fully saturated rings. The van der Waals surface area contributed by atoms with E-state index in [-0.39, 0.29) is 6.10 Å². The van der Waals surface area contributed by atoms with E-state index in [4.69, 9.17) is 5.73 Å². The predicted molar refractivity (Wildman–Crippen MR) is 68.3 cm³/mol. The quantitative estimate of drug-likeness (QED) is 0.765. The summed E-state index contributed by atoms with van der Waals surface area (Å²) in [5.74, 6) is 5.85. The second-order valence-corrected chi connectivity index (χ2v) is 4.99. The molecule has 0 bridgehead atoms. The van der Waals surface area contributed by atoms with Gasteiger partial charge in [-0.25, -0.2) is 0 Å². The maximum absolute atomic E-state index is 9.25. The van der Waals surface area contributed by atoms with E-state index in [2.05, 4.69) is 22.8 Å². The van der Waals surface area contributed by atoms with Crippen molar-refractivity contribution in [2.45, 2.75) is 19.6 Å². The Morgan fingerprint density at radius 2 is 2.31 bits per heavy atom. The van der Waals surface area contributed by atoms with Crippen LogP contribution >= 0.6 is 11.3 Å². The van der Waals surface area contributed by atoms with E-state index in [0.29, 0.717) is 13.1 Å². The van der Waals surface area contributed by atoms with Gasteiger partial charge < -0.3 is 10.8 Å². The van der Waals surface area contributed by atoms with Crippen molar-refractivity contribution >= 4 is 11.3 Å². The molecule has 3 nitrogen and oxygen atoms in total. The molecule has 0 saturated heterocycles. The molecule has 0 aliphatic carbocycles. The lowest BCUT2D eigenvalue weighted by Gasteiger charge is -2.16. The van der Waals surface area contributed by atoms with Crippen LogP contribution in [0.2, 0.25) is 0 Å². The monoisotopic (exact) mass is 238 g/mol. The van der Waals surface area contributed by atoms with Gasteiger partial charge in [0.2, 0.25) is 0 Å². The average molecular weight is 238 g/mol. The number of rotatable bonds is 4. The largest absolute Gasteiger partial charge is 0.392 e. The zero-order valence-corrected chi connectivity index (χ0v) is 10.5.